The molecule has 2 rings (SSSR count). The van der Waals surface area contributed by atoms with Crippen LogP contribution < -0.4 is 5.73 Å². The third-order valence-corrected chi connectivity index (χ3v) is 3.21. The van der Waals surface area contributed by atoms with Gasteiger partial charge in [0, 0.05) is 12.2 Å². The molecule has 0 fully saturated rings. The van der Waals surface area contributed by atoms with Gasteiger partial charge in [0.1, 0.15) is 0 Å². The summed E-state index contributed by atoms with van der Waals surface area (Å²) >= 11 is 0. The highest BCUT2D eigenvalue weighted by atomic mass is 15.3. The Morgan fingerprint density at radius 2 is 1.94 bits per heavy atom. The lowest BCUT2D eigenvalue weighted by atomic mass is 10.0. The maximum absolute atomic E-state index is 5.80. The van der Waals surface area contributed by atoms with E-state index < -0.39 is 0 Å². The highest BCUT2D eigenvalue weighted by Gasteiger charge is 2.05. The molecule has 2 N–H and O–H groups in total. The van der Waals surface area contributed by atoms with E-state index in [1.54, 1.807) is 0 Å². The normalized spacial score (nSPS) is 12.7. The Labute approximate surface area is 109 Å². The van der Waals surface area contributed by atoms with E-state index in [0.717, 1.165) is 13.0 Å². The number of aryl methyl sites for hydroxylation is 2. The monoisotopic (exact) mass is 243 g/mol. The van der Waals surface area contributed by atoms with Crippen molar-refractivity contribution in [2.75, 3.05) is 0 Å². The standard InChI is InChI=1S/C15H21N3/c1-11-5-4-6-12(2)15(11)10-18-9-14(8-17-18)7-13(3)16/h4-6,8-9,13H,7,10,16H2,1-3H3. The van der Waals surface area contributed by atoms with Crippen molar-refractivity contribution in [1.29, 1.82) is 0 Å². The molecule has 3 heteroatoms. The van der Waals surface area contributed by atoms with Gasteiger partial charge in [0.2, 0.25) is 0 Å². The fraction of sp³-hybridized carbons (Fsp3) is 0.400. The third kappa shape index (κ3) is 2.99. The fourth-order valence-corrected chi connectivity index (χ4v) is 2.23. The first-order valence-electron chi connectivity index (χ1n) is 6.38. The summed E-state index contributed by atoms with van der Waals surface area (Å²) in [5.74, 6) is 0. The van der Waals surface area contributed by atoms with Crippen molar-refractivity contribution in [2.45, 2.75) is 39.8 Å². The molecule has 1 unspecified atom stereocenters. The zero-order chi connectivity index (χ0) is 13.1. The number of benzene rings is 1. The van der Waals surface area contributed by atoms with Crippen LogP contribution in [0.25, 0.3) is 0 Å². The molecular formula is C15H21N3. The molecule has 18 heavy (non-hydrogen) atoms. The highest BCUT2D eigenvalue weighted by molar-refractivity contribution is 5.33. The van der Waals surface area contributed by atoms with E-state index >= 15 is 0 Å². The van der Waals surface area contributed by atoms with Gasteiger partial charge in [0.15, 0.2) is 0 Å². The molecule has 1 aromatic carbocycles. The van der Waals surface area contributed by atoms with E-state index in [1.807, 2.05) is 17.8 Å². The van der Waals surface area contributed by atoms with Crippen LogP contribution in [0.5, 0.6) is 0 Å². The lowest BCUT2D eigenvalue weighted by Gasteiger charge is -2.09. The first-order chi connectivity index (χ1) is 8.56. The maximum atomic E-state index is 5.80. The third-order valence-electron chi connectivity index (χ3n) is 3.21. The van der Waals surface area contributed by atoms with Crippen molar-refractivity contribution in [3.05, 3.63) is 52.8 Å². The first-order valence-corrected chi connectivity index (χ1v) is 6.38. The zero-order valence-electron chi connectivity index (χ0n) is 11.4. The molecule has 96 valence electrons. The number of aromatic nitrogens is 2. The molecular weight excluding hydrogens is 222 g/mol. The van der Waals surface area contributed by atoms with Gasteiger partial charge in [-0.25, -0.2) is 0 Å². The fourth-order valence-electron chi connectivity index (χ4n) is 2.23. The Morgan fingerprint density at radius 3 is 2.56 bits per heavy atom. The highest BCUT2D eigenvalue weighted by Crippen LogP contribution is 2.15. The van der Waals surface area contributed by atoms with E-state index in [4.69, 9.17) is 5.73 Å². The summed E-state index contributed by atoms with van der Waals surface area (Å²) < 4.78 is 1.99. The summed E-state index contributed by atoms with van der Waals surface area (Å²) in [5.41, 5.74) is 11.0. The smallest absolute Gasteiger partial charge is 0.0664 e. The van der Waals surface area contributed by atoms with Crippen LogP contribution in [0.3, 0.4) is 0 Å². The van der Waals surface area contributed by atoms with Gasteiger partial charge in [-0.15, -0.1) is 0 Å². The average Bonchev–Trinajstić information content (AvgIpc) is 2.70. The largest absolute Gasteiger partial charge is 0.328 e. The summed E-state index contributed by atoms with van der Waals surface area (Å²) in [7, 11) is 0. The Morgan fingerprint density at radius 1 is 1.28 bits per heavy atom. The van der Waals surface area contributed by atoms with Crippen LogP contribution in [0.15, 0.2) is 30.6 Å². The van der Waals surface area contributed by atoms with Crippen molar-refractivity contribution in [3.8, 4) is 0 Å². The summed E-state index contributed by atoms with van der Waals surface area (Å²) in [6.45, 7) is 7.14. The van der Waals surface area contributed by atoms with Crippen LogP contribution >= 0.6 is 0 Å². The van der Waals surface area contributed by atoms with Crippen LogP contribution in [0.4, 0.5) is 0 Å². The second-order valence-electron chi connectivity index (χ2n) is 5.10. The number of rotatable bonds is 4. The van der Waals surface area contributed by atoms with Crippen molar-refractivity contribution < 1.29 is 0 Å². The van der Waals surface area contributed by atoms with Gasteiger partial charge in [-0.3, -0.25) is 4.68 Å². The molecule has 0 saturated heterocycles. The summed E-state index contributed by atoms with van der Waals surface area (Å²) in [6.07, 6.45) is 4.89. The van der Waals surface area contributed by atoms with Gasteiger partial charge in [-0.05, 0) is 49.4 Å². The van der Waals surface area contributed by atoms with E-state index in [1.165, 1.54) is 22.3 Å². The van der Waals surface area contributed by atoms with Gasteiger partial charge in [0.05, 0.1) is 12.7 Å². The van der Waals surface area contributed by atoms with Gasteiger partial charge in [0.25, 0.3) is 0 Å². The molecule has 1 heterocycles. The van der Waals surface area contributed by atoms with Crippen LogP contribution in [0, 0.1) is 13.8 Å². The summed E-state index contributed by atoms with van der Waals surface area (Å²) in [5, 5.41) is 4.41. The summed E-state index contributed by atoms with van der Waals surface area (Å²) in [6, 6.07) is 6.57. The van der Waals surface area contributed by atoms with Crippen molar-refractivity contribution in [3.63, 3.8) is 0 Å². The molecule has 0 amide bonds. The van der Waals surface area contributed by atoms with Crippen LogP contribution in [0.2, 0.25) is 0 Å². The minimum Gasteiger partial charge on any atom is -0.328 e. The van der Waals surface area contributed by atoms with Crippen LogP contribution in [-0.4, -0.2) is 15.8 Å². The van der Waals surface area contributed by atoms with Crippen LogP contribution in [-0.2, 0) is 13.0 Å². The first kappa shape index (κ1) is 12.8. The number of nitrogens with zero attached hydrogens (tertiary/aromatic N) is 2. The van der Waals surface area contributed by atoms with E-state index in [2.05, 4.69) is 43.3 Å². The zero-order valence-corrected chi connectivity index (χ0v) is 11.4. The van der Waals surface area contributed by atoms with Gasteiger partial charge >= 0.3 is 0 Å². The number of nitrogens with two attached hydrogens (primary N) is 1. The van der Waals surface area contributed by atoms with E-state index in [0.29, 0.717) is 0 Å². The van der Waals surface area contributed by atoms with Crippen molar-refractivity contribution >= 4 is 0 Å². The molecule has 0 aliphatic rings. The van der Waals surface area contributed by atoms with Crippen LogP contribution in [0.1, 0.15) is 29.2 Å². The molecule has 3 nitrogen and oxygen atoms in total. The molecule has 2 aromatic rings. The molecule has 1 aromatic heterocycles. The molecule has 0 radical (unpaired) electrons. The quantitative estimate of drug-likeness (QED) is 0.896. The predicted molar refractivity (Wildman–Crippen MR) is 74.6 cm³/mol. The predicted octanol–water partition coefficient (Wildman–Crippen LogP) is 2.44. The second kappa shape index (κ2) is 5.36. The molecule has 0 aliphatic carbocycles. The Hall–Kier alpha value is -1.61. The van der Waals surface area contributed by atoms with Crippen molar-refractivity contribution in [1.82, 2.24) is 9.78 Å². The van der Waals surface area contributed by atoms with Crippen molar-refractivity contribution in [2.24, 2.45) is 5.73 Å². The van der Waals surface area contributed by atoms with E-state index in [9.17, 15) is 0 Å². The number of hydrogen-bond acceptors (Lipinski definition) is 2. The number of hydrogen-bond donors (Lipinski definition) is 1. The maximum Gasteiger partial charge on any atom is 0.0664 e. The SMILES string of the molecule is Cc1cccc(C)c1Cn1cc(CC(C)N)cn1. The Balaban J connectivity index is 2.16. The average molecular weight is 243 g/mol. The summed E-state index contributed by atoms with van der Waals surface area (Å²) in [4.78, 5) is 0. The second-order valence-corrected chi connectivity index (χ2v) is 5.10. The Bertz CT molecular complexity index is 506. The lowest BCUT2D eigenvalue weighted by Crippen LogP contribution is -2.17. The lowest BCUT2D eigenvalue weighted by molar-refractivity contribution is 0.678. The molecule has 1 atom stereocenters. The Kier molecular flexibility index (Phi) is 3.82. The minimum absolute atomic E-state index is 0.183. The van der Waals surface area contributed by atoms with Gasteiger partial charge in [-0.1, -0.05) is 18.2 Å². The molecule has 0 bridgehead atoms. The molecule has 0 aliphatic heterocycles. The molecule has 0 spiro atoms. The minimum atomic E-state index is 0.183. The van der Waals surface area contributed by atoms with Gasteiger partial charge < -0.3 is 5.73 Å². The topological polar surface area (TPSA) is 43.8 Å². The van der Waals surface area contributed by atoms with Gasteiger partial charge in [-0.2, -0.15) is 5.10 Å². The van der Waals surface area contributed by atoms with E-state index in [-0.39, 0.29) is 6.04 Å². The molecule has 0 saturated carbocycles.